The van der Waals surface area contributed by atoms with Crippen LogP contribution in [0.25, 0.3) is 0 Å². The fourth-order valence-electron chi connectivity index (χ4n) is 3.07. The summed E-state index contributed by atoms with van der Waals surface area (Å²) in [5.74, 6) is -0.682. The van der Waals surface area contributed by atoms with Gasteiger partial charge in [-0.15, -0.1) is 0 Å². The van der Waals surface area contributed by atoms with E-state index in [1.165, 1.54) is 36.3 Å². The van der Waals surface area contributed by atoms with Gasteiger partial charge in [0, 0.05) is 20.1 Å². The molecule has 0 fully saturated rings. The van der Waals surface area contributed by atoms with Gasteiger partial charge >= 0.3 is 6.18 Å². The Morgan fingerprint density at radius 2 is 1.83 bits per heavy atom. The summed E-state index contributed by atoms with van der Waals surface area (Å²) >= 11 is 0. The highest BCUT2D eigenvalue weighted by atomic mass is 19.4. The van der Waals surface area contributed by atoms with E-state index in [0.717, 1.165) is 17.7 Å². The van der Waals surface area contributed by atoms with Gasteiger partial charge in [-0.3, -0.25) is 4.79 Å². The first-order chi connectivity index (χ1) is 14.3. The number of benzene rings is 2. The van der Waals surface area contributed by atoms with Crippen LogP contribution in [0, 0.1) is 5.82 Å². The van der Waals surface area contributed by atoms with E-state index in [4.69, 9.17) is 9.57 Å². The highest BCUT2D eigenvalue weighted by molar-refractivity contribution is 6.01. The lowest BCUT2D eigenvalue weighted by Gasteiger charge is -2.25. The number of halogens is 4. The summed E-state index contributed by atoms with van der Waals surface area (Å²) in [5.41, 5.74) is 1.15. The van der Waals surface area contributed by atoms with Crippen molar-refractivity contribution < 1.29 is 31.9 Å². The van der Waals surface area contributed by atoms with Gasteiger partial charge in [-0.2, -0.15) is 13.2 Å². The molecule has 1 aliphatic rings. The van der Waals surface area contributed by atoms with Crippen molar-refractivity contribution in [2.24, 2.45) is 5.16 Å². The predicted molar refractivity (Wildman–Crippen MR) is 101 cm³/mol. The number of ether oxygens (including phenoxy) is 1. The minimum Gasteiger partial charge on any atom is -0.390 e. The van der Waals surface area contributed by atoms with E-state index < -0.39 is 17.8 Å². The summed E-state index contributed by atoms with van der Waals surface area (Å²) in [5, 5.41) is 4.02. The van der Waals surface area contributed by atoms with Gasteiger partial charge in [0.1, 0.15) is 12.4 Å². The maximum Gasteiger partial charge on any atom is 0.416 e. The highest BCUT2D eigenvalue weighted by Gasteiger charge is 2.30. The lowest BCUT2D eigenvalue weighted by molar-refractivity contribution is -0.138. The number of amides is 1. The van der Waals surface area contributed by atoms with Crippen molar-refractivity contribution in [3.05, 3.63) is 71.0 Å². The Morgan fingerprint density at radius 1 is 1.17 bits per heavy atom. The van der Waals surface area contributed by atoms with Crippen molar-refractivity contribution in [3.8, 4) is 0 Å². The molecular formula is C21H20F4N2O3. The van der Waals surface area contributed by atoms with Crippen LogP contribution >= 0.6 is 0 Å². The number of carbonyl (C=O) groups excluding carboxylic acids is 1. The average molecular weight is 424 g/mol. The molecule has 1 heterocycles. The zero-order chi connectivity index (χ0) is 21.7. The van der Waals surface area contributed by atoms with Gasteiger partial charge in [0.2, 0.25) is 5.91 Å². The molecule has 0 aromatic heterocycles. The van der Waals surface area contributed by atoms with E-state index in [9.17, 15) is 22.4 Å². The Bertz CT molecular complexity index is 896. The standard InChI is InChI=1S/C21H20F4N2O3/c1-29-13-20(28)27(11-14-2-6-16(7-3-14)21(23,24)25)12-18-10-19(26-30-18)15-4-8-17(22)9-5-15/h2-9,18H,10-13H2,1H3/t18-/m1/s1. The maximum absolute atomic E-state index is 13.1. The third kappa shape index (κ3) is 5.56. The smallest absolute Gasteiger partial charge is 0.390 e. The largest absolute Gasteiger partial charge is 0.416 e. The molecule has 0 saturated heterocycles. The Balaban J connectivity index is 1.66. The molecule has 0 aliphatic carbocycles. The summed E-state index contributed by atoms with van der Waals surface area (Å²) in [6.07, 6.45) is -4.44. The molecule has 2 aromatic rings. The van der Waals surface area contributed by atoms with Gasteiger partial charge in [0.15, 0.2) is 6.10 Å². The first-order valence-electron chi connectivity index (χ1n) is 9.17. The van der Waals surface area contributed by atoms with E-state index in [1.807, 2.05) is 0 Å². The van der Waals surface area contributed by atoms with Gasteiger partial charge in [-0.25, -0.2) is 4.39 Å². The SMILES string of the molecule is COCC(=O)N(Cc1ccc(C(F)(F)F)cc1)C[C@H]1CC(c2ccc(F)cc2)=NO1. The first kappa shape index (κ1) is 21.8. The van der Waals surface area contributed by atoms with Gasteiger partial charge in [-0.1, -0.05) is 29.4 Å². The van der Waals surface area contributed by atoms with Gasteiger partial charge < -0.3 is 14.5 Å². The van der Waals surface area contributed by atoms with Crippen LogP contribution in [-0.4, -0.2) is 42.9 Å². The monoisotopic (exact) mass is 424 g/mol. The zero-order valence-electron chi connectivity index (χ0n) is 16.2. The minimum atomic E-state index is -4.42. The molecule has 0 saturated carbocycles. The average Bonchev–Trinajstić information content (AvgIpc) is 3.16. The second kappa shape index (κ2) is 9.25. The molecule has 0 bridgehead atoms. The lowest BCUT2D eigenvalue weighted by Crippen LogP contribution is -2.39. The van der Waals surface area contributed by atoms with Crippen LogP contribution in [0.1, 0.15) is 23.1 Å². The van der Waals surface area contributed by atoms with Gasteiger partial charge in [0.25, 0.3) is 0 Å². The molecule has 9 heteroatoms. The van der Waals surface area contributed by atoms with E-state index in [-0.39, 0.29) is 31.4 Å². The number of rotatable bonds is 7. The van der Waals surface area contributed by atoms with Crippen molar-refractivity contribution in [1.29, 1.82) is 0 Å². The summed E-state index contributed by atoms with van der Waals surface area (Å²) in [6.45, 7) is 0.114. The molecule has 1 atom stereocenters. The van der Waals surface area contributed by atoms with Crippen molar-refractivity contribution in [2.75, 3.05) is 20.3 Å². The third-order valence-corrected chi connectivity index (χ3v) is 4.61. The zero-order valence-corrected chi connectivity index (χ0v) is 16.2. The summed E-state index contributed by atoms with van der Waals surface area (Å²) in [7, 11) is 1.38. The normalized spacial score (nSPS) is 16.2. The number of carbonyl (C=O) groups is 1. The molecule has 0 radical (unpaired) electrons. The Hall–Kier alpha value is -2.94. The predicted octanol–water partition coefficient (Wildman–Crippen LogP) is 4.01. The Kier molecular flexibility index (Phi) is 6.71. The lowest BCUT2D eigenvalue weighted by atomic mass is 10.0. The minimum absolute atomic E-state index is 0.103. The summed E-state index contributed by atoms with van der Waals surface area (Å²) < 4.78 is 56.2. The van der Waals surface area contributed by atoms with E-state index in [2.05, 4.69) is 5.16 Å². The van der Waals surface area contributed by atoms with E-state index in [0.29, 0.717) is 17.7 Å². The molecule has 1 amide bonds. The van der Waals surface area contributed by atoms with Crippen molar-refractivity contribution in [1.82, 2.24) is 4.90 Å². The van der Waals surface area contributed by atoms with Crippen LogP contribution in [0.5, 0.6) is 0 Å². The van der Waals surface area contributed by atoms with Crippen LogP contribution in [0.2, 0.25) is 0 Å². The van der Waals surface area contributed by atoms with Crippen molar-refractivity contribution in [3.63, 3.8) is 0 Å². The maximum atomic E-state index is 13.1. The van der Waals surface area contributed by atoms with Gasteiger partial charge in [0.05, 0.1) is 17.8 Å². The molecule has 160 valence electrons. The second-order valence-corrected chi connectivity index (χ2v) is 6.88. The van der Waals surface area contributed by atoms with Crippen LogP contribution in [-0.2, 0) is 27.1 Å². The summed E-state index contributed by atoms with van der Waals surface area (Å²) in [6, 6.07) is 10.5. The second-order valence-electron chi connectivity index (χ2n) is 6.88. The van der Waals surface area contributed by atoms with Crippen LogP contribution < -0.4 is 0 Å². The van der Waals surface area contributed by atoms with Crippen LogP contribution in [0.4, 0.5) is 17.6 Å². The molecule has 2 aromatic carbocycles. The quantitative estimate of drug-likeness (QED) is 0.631. The Morgan fingerprint density at radius 3 is 2.43 bits per heavy atom. The fraction of sp³-hybridized carbons (Fsp3) is 0.333. The van der Waals surface area contributed by atoms with Crippen molar-refractivity contribution in [2.45, 2.75) is 25.2 Å². The highest BCUT2D eigenvalue weighted by Crippen LogP contribution is 2.29. The Labute approximate surface area is 170 Å². The molecule has 3 rings (SSSR count). The van der Waals surface area contributed by atoms with Crippen LogP contribution in [0.15, 0.2) is 53.7 Å². The van der Waals surface area contributed by atoms with Gasteiger partial charge in [-0.05, 0) is 35.4 Å². The number of oxime groups is 1. The van der Waals surface area contributed by atoms with Crippen molar-refractivity contribution >= 4 is 11.6 Å². The fourth-order valence-corrected chi connectivity index (χ4v) is 3.07. The molecule has 1 aliphatic heterocycles. The molecular weight excluding hydrogens is 404 g/mol. The topological polar surface area (TPSA) is 51.1 Å². The number of methoxy groups -OCH3 is 1. The molecule has 0 N–H and O–H groups in total. The molecule has 30 heavy (non-hydrogen) atoms. The van der Waals surface area contributed by atoms with Crippen LogP contribution in [0.3, 0.4) is 0 Å². The first-order valence-corrected chi connectivity index (χ1v) is 9.17. The molecule has 0 unspecified atom stereocenters. The molecule has 0 spiro atoms. The summed E-state index contributed by atoms with van der Waals surface area (Å²) in [4.78, 5) is 19.3. The van der Waals surface area contributed by atoms with E-state index >= 15 is 0 Å². The number of alkyl halides is 3. The van der Waals surface area contributed by atoms with E-state index in [1.54, 1.807) is 12.1 Å². The third-order valence-electron chi connectivity index (χ3n) is 4.61. The number of hydrogen-bond donors (Lipinski definition) is 0. The molecule has 5 nitrogen and oxygen atoms in total. The number of hydrogen-bond acceptors (Lipinski definition) is 4. The number of nitrogens with zero attached hydrogens (tertiary/aromatic N) is 2.